The highest BCUT2D eigenvalue weighted by atomic mass is 19.3. The van der Waals surface area contributed by atoms with Crippen LogP contribution in [0, 0.1) is 11.3 Å². The summed E-state index contributed by atoms with van der Waals surface area (Å²) in [5.74, 6) is 3.15. The highest BCUT2D eigenvalue weighted by Crippen LogP contribution is 2.44. The lowest BCUT2D eigenvalue weighted by atomic mass is 9.70. The molecule has 1 aliphatic heterocycles. The standard InChI is InChI=1S/C24H28N8.C24H27N7.C23H23F2N7.C22H23N7O/c1-31-14-18(11-27-31)16-4-3-5-17(10-16)23-26-13-22(19-12-28-32(2)15-19)24(30-23)29-21-8-6-20(25)7-9-21;1-24(8-5-9-24)16-26-23-21(20-12-28-31(3)15-20)13-25-22(29-23)18-7-4-6-17(10-18)19-11-27-30(2)14-19;1-31-13-18(10-28-31)16-4-3-5-17(6-16)21-27-12-20(19-11-29-32(2)14-19)22(30-21)26-9-15-7-23(24,25)8-15;1-28-12-17(9-24-28)15-4-3-5-16(8-15)21-23-11-20(18-10-25-29(2)13-18)22(27-21)26-19-6-7-30-14-19/h3-5,10-15,20-21H,6-9,25H2,1-2H3,(H,26,29,30);4,6-7,10-15H,5,8-9,16H2,1-3H3,(H,25,26,29);3-6,10-15H,7-9H2,1-2H3,(H,26,27,30);3-5,8-13,19H,6-7,14H2,1-2H3,(H,23,26,27). The first-order valence-corrected chi connectivity index (χ1v) is 42.1. The van der Waals surface area contributed by atoms with E-state index in [-0.39, 0.29) is 24.8 Å². The summed E-state index contributed by atoms with van der Waals surface area (Å²) in [6, 6.07) is 33.6. The number of rotatable bonds is 22. The molecule has 32 heteroatoms. The first-order chi connectivity index (χ1) is 60.5. The van der Waals surface area contributed by atoms with Gasteiger partial charge in [0.1, 0.15) is 23.3 Å². The summed E-state index contributed by atoms with van der Waals surface area (Å²) < 4.78 is 46.3. The Morgan fingerprint density at radius 3 is 0.968 bits per heavy atom. The van der Waals surface area contributed by atoms with E-state index in [1.807, 2.05) is 227 Å². The maximum Gasteiger partial charge on any atom is 0.248 e. The molecule has 0 spiro atoms. The van der Waals surface area contributed by atoms with E-state index in [1.54, 1.807) is 45.2 Å². The molecular formula is C93H101F2N29O. The maximum atomic E-state index is 13.3. The molecule has 638 valence electrons. The van der Waals surface area contributed by atoms with Gasteiger partial charge < -0.3 is 31.7 Å². The first kappa shape index (κ1) is 83.1. The zero-order chi connectivity index (χ0) is 86.3. The number of hydrogen-bond acceptors (Lipinski definition) is 22. The van der Waals surface area contributed by atoms with Crippen LogP contribution in [0.15, 0.2) is 221 Å². The van der Waals surface area contributed by atoms with E-state index >= 15 is 0 Å². The summed E-state index contributed by atoms with van der Waals surface area (Å²) in [6.45, 7) is 5.14. The number of nitrogens with two attached hydrogens (primary N) is 1. The van der Waals surface area contributed by atoms with Crippen molar-refractivity contribution >= 4 is 23.3 Å². The minimum Gasteiger partial charge on any atom is -0.379 e. The van der Waals surface area contributed by atoms with Crippen molar-refractivity contribution in [2.45, 2.75) is 95.2 Å². The fourth-order valence-corrected chi connectivity index (χ4v) is 16.0. The van der Waals surface area contributed by atoms with Crippen molar-refractivity contribution in [2.75, 3.05) is 47.6 Å². The quantitative estimate of drug-likeness (QED) is 0.0421. The third kappa shape index (κ3) is 20.1. The molecule has 1 saturated heterocycles. The van der Waals surface area contributed by atoms with Gasteiger partial charge in [-0.2, -0.15) is 40.8 Å². The van der Waals surface area contributed by atoms with E-state index in [0.717, 1.165) is 174 Å². The van der Waals surface area contributed by atoms with Gasteiger partial charge in [-0.25, -0.2) is 48.7 Å². The second-order valence-electron chi connectivity index (χ2n) is 33.4. The second kappa shape index (κ2) is 36.5. The van der Waals surface area contributed by atoms with Crippen LogP contribution >= 0.6 is 0 Å². The van der Waals surface area contributed by atoms with Gasteiger partial charge in [0.25, 0.3) is 0 Å². The number of halogens is 2. The SMILES string of the molecule is Cn1cc(-c2cccc(-c3ncc(-c4cnn(C)c4)c(NC4CCC(N)CC4)n3)c2)cn1.Cn1cc(-c2cccc(-c3ncc(-c4cnn(C)c4)c(NC4CCOC4)n3)c2)cn1.Cn1cc(-c2cccc(-c3ncc(-c4cnn(C)c4)c(NCC4(C)CCC4)n3)c2)cn1.Cn1cc(-c2cccc(-c3ncc(-c4cnn(C)c4)c(NCC4CC(F)(F)C4)n3)c2)cn1. The monoisotopic (exact) mass is 1680 g/mol. The molecule has 125 heavy (non-hydrogen) atoms. The van der Waals surface area contributed by atoms with Gasteiger partial charge in [0.2, 0.25) is 5.92 Å². The number of benzene rings is 4. The van der Waals surface area contributed by atoms with Crippen molar-refractivity contribution in [1.29, 1.82) is 0 Å². The van der Waals surface area contributed by atoms with E-state index in [1.165, 1.54) is 19.3 Å². The highest BCUT2D eigenvalue weighted by molar-refractivity contribution is 5.82. The van der Waals surface area contributed by atoms with Crippen LogP contribution in [-0.4, -0.2) is 168 Å². The van der Waals surface area contributed by atoms with E-state index in [4.69, 9.17) is 40.4 Å². The van der Waals surface area contributed by atoms with E-state index < -0.39 is 5.92 Å². The number of aryl methyl sites for hydroxylation is 8. The predicted octanol–water partition coefficient (Wildman–Crippen LogP) is 15.7. The molecule has 4 aromatic carbocycles. The van der Waals surface area contributed by atoms with Crippen molar-refractivity contribution in [3.8, 4) is 135 Å². The zero-order valence-corrected chi connectivity index (χ0v) is 71.5. The predicted molar refractivity (Wildman–Crippen MR) is 481 cm³/mol. The van der Waals surface area contributed by atoms with Crippen LogP contribution in [-0.2, 0) is 61.1 Å². The van der Waals surface area contributed by atoms with E-state index in [0.29, 0.717) is 59.8 Å². The molecular weight excluding hydrogens is 1580 g/mol. The average molecular weight is 1680 g/mol. The van der Waals surface area contributed by atoms with Gasteiger partial charge >= 0.3 is 0 Å². The summed E-state index contributed by atoms with van der Waals surface area (Å²) in [5, 5.41) is 48.4. The third-order valence-corrected chi connectivity index (χ3v) is 23.2. The lowest BCUT2D eigenvalue weighted by molar-refractivity contribution is -0.106. The molecule has 12 aromatic heterocycles. The molecule has 4 aliphatic rings. The molecule has 1 unspecified atom stereocenters. The molecule has 1 atom stereocenters. The van der Waals surface area contributed by atoms with Crippen LogP contribution in [0.25, 0.3) is 135 Å². The second-order valence-corrected chi connectivity index (χ2v) is 33.4. The third-order valence-electron chi connectivity index (χ3n) is 23.2. The molecule has 0 bridgehead atoms. The largest absolute Gasteiger partial charge is 0.379 e. The van der Waals surface area contributed by atoms with Crippen LogP contribution in [0.5, 0.6) is 0 Å². The first-order valence-electron chi connectivity index (χ1n) is 42.1. The summed E-state index contributed by atoms with van der Waals surface area (Å²) in [7, 11) is 15.2. The van der Waals surface area contributed by atoms with E-state index in [2.05, 4.69) is 121 Å². The van der Waals surface area contributed by atoms with E-state index in [9.17, 15) is 8.78 Å². The molecule has 13 heterocycles. The Hall–Kier alpha value is -14.1. The Morgan fingerprint density at radius 1 is 0.368 bits per heavy atom. The molecule has 0 amide bonds. The van der Waals surface area contributed by atoms with Crippen LogP contribution in [0.2, 0.25) is 0 Å². The number of aromatic nitrogens is 24. The number of alkyl halides is 2. The average Bonchev–Trinajstić information content (AvgIpc) is 1.79. The van der Waals surface area contributed by atoms with Crippen molar-refractivity contribution < 1.29 is 13.5 Å². The molecule has 0 radical (unpaired) electrons. The molecule has 20 rings (SSSR count). The number of anilines is 4. The van der Waals surface area contributed by atoms with Crippen LogP contribution in [0.4, 0.5) is 32.1 Å². The van der Waals surface area contributed by atoms with Crippen molar-refractivity contribution in [3.05, 3.63) is 221 Å². The zero-order valence-electron chi connectivity index (χ0n) is 71.5. The van der Waals surface area contributed by atoms with Crippen molar-refractivity contribution in [2.24, 2.45) is 73.4 Å². The molecule has 6 N–H and O–H groups in total. The molecule has 4 fully saturated rings. The van der Waals surface area contributed by atoms with Crippen molar-refractivity contribution in [3.63, 3.8) is 0 Å². The lowest BCUT2D eigenvalue weighted by Gasteiger charge is -2.38. The molecule has 3 saturated carbocycles. The van der Waals surface area contributed by atoms with Crippen LogP contribution in [0.3, 0.4) is 0 Å². The minimum absolute atomic E-state index is 0.0703. The Bertz CT molecular complexity index is 6390. The molecule has 3 aliphatic carbocycles. The topological polar surface area (TPSA) is 329 Å². The Balaban J connectivity index is 0.000000118. The van der Waals surface area contributed by atoms with Crippen LogP contribution < -0.4 is 27.0 Å². The minimum atomic E-state index is -2.54. The van der Waals surface area contributed by atoms with Crippen molar-refractivity contribution in [1.82, 2.24) is 118 Å². The smallest absolute Gasteiger partial charge is 0.248 e. The summed E-state index contributed by atoms with van der Waals surface area (Å²) in [4.78, 5) is 38.3. The fraction of sp³-hybridized carbons (Fsp3) is 0.312. The van der Waals surface area contributed by atoms with Crippen LogP contribution in [0.1, 0.15) is 71.1 Å². The van der Waals surface area contributed by atoms with Gasteiger partial charge in [-0.3, -0.25) is 37.5 Å². The lowest BCUT2D eigenvalue weighted by Crippen LogP contribution is -2.39. The Kier molecular flexibility index (Phi) is 24.3. The molecule has 30 nitrogen and oxygen atoms in total. The Labute approximate surface area is 722 Å². The van der Waals surface area contributed by atoms with Gasteiger partial charge in [0, 0.05) is 264 Å². The fourth-order valence-electron chi connectivity index (χ4n) is 16.0. The van der Waals surface area contributed by atoms with Gasteiger partial charge in [-0.1, -0.05) is 86.1 Å². The normalized spacial score (nSPS) is 16.3. The number of nitrogens with one attached hydrogen (secondary N) is 4. The number of ether oxygens (including phenoxy) is 1. The molecule has 16 aromatic rings. The van der Waals surface area contributed by atoms with Gasteiger partial charge in [0.05, 0.1) is 62.2 Å². The summed E-state index contributed by atoms with van der Waals surface area (Å²) >= 11 is 0. The number of nitrogens with zero attached hydrogens (tertiary/aromatic N) is 24. The summed E-state index contributed by atoms with van der Waals surface area (Å²) in [6.07, 6.45) is 46.7. The van der Waals surface area contributed by atoms with Gasteiger partial charge in [-0.05, 0) is 103 Å². The highest BCUT2D eigenvalue weighted by Gasteiger charge is 2.45. The number of hydrogen-bond donors (Lipinski definition) is 5. The maximum absolute atomic E-state index is 13.3. The van der Waals surface area contributed by atoms with Gasteiger partial charge in [-0.15, -0.1) is 0 Å². The Morgan fingerprint density at radius 2 is 0.672 bits per heavy atom. The summed E-state index contributed by atoms with van der Waals surface area (Å²) in [5.41, 5.74) is 26.2. The van der Waals surface area contributed by atoms with Gasteiger partial charge in [0.15, 0.2) is 23.3 Å².